The van der Waals surface area contributed by atoms with Crippen molar-refractivity contribution in [2.24, 2.45) is 0 Å². The number of aliphatic hydroxyl groups excluding tert-OH is 8. The van der Waals surface area contributed by atoms with Gasteiger partial charge >= 0.3 is 59.1 Å². The molecule has 2 aliphatic rings. The van der Waals surface area contributed by atoms with Crippen LogP contribution in [-0.2, 0) is 37.4 Å². The molecule has 2 rings (SSSR count). The van der Waals surface area contributed by atoms with Gasteiger partial charge in [-0.3, -0.25) is 9.59 Å². The van der Waals surface area contributed by atoms with E-state index in [1.54, 1.807) is 0 Å². The first-order chi connectivity index (χ1) is 21.3. The van der Waals surface area contributed by atoms with Crippen LogP contribution in [0, 0.1) is 0 Å². The summed E-state index contributed by atoms with van der Waals surface area (Å²) in [4.78, 5) is 25.8. The molecule has 0 aliphatic carbocycles. The molecule has 48 heavy (non-hydrogen) atoms. The van der Waals surface area contributed by atoms with Crippen molar-refractivity contribution in [1.29, 1.82) is 0 Å². The van der Waals surface area contributed by atoms with Crippen molar-refractivity contribution in [3.05, 3.63) is 0 Å². The average Bonchev–Trinajstić information content (AvgIpc) is 2.96. The van der Waals surface area contributed by atoms with Crippen LogP contribution in [0.1, 0.15) is 0 Å². The van der Waals surface area contributed by atoms with E-state index in [1.165, 1.54) is 0 Å². The van der Waals surface area contributed by atoms with E-state index in [0.717, 1.165) is 0 Å². The van der Waals surface area contributed by atoms with Crippen LogP contribution in [0.4, 0.5) is 0 Å². The molecule has 0 aromatic rings. The first-order valence-corrected chi connectivity index (χ1v) is 19.0. The van der Waals surface area contributed by atoms with E-state index < -0.39 is 128 Å². The van der Waals surface area contributed by atoms with Gasteiger partial charge in [0.25, 0.3) is 0 Å². The largest absolute Gasteiger partial charge is 1.00 e. The third kappa shape index (κ3) is 15.5. The molecular formula is C20H36N4Na2O18S4. The zero-order valence-corrected chi connectivity index (χ0v) is 32.7. The molecule has 4 unspecified atom stereocenters. The average molecular weight is 795 g/mol. The molecule has 12 N–H and O–H groups in total. The van der Waals surface area contributed by atoms with Crippen molar-refractivity contribution in [3.8, 4) is 0 Å². The molecule has 2 amide bonds. The molecule has 0 aromatic heterocycles. The predicted octanol–water partition coefficient (Wildman–Crippen LogP) is -14.9. The van der Waals surface area contributed by atoms with Crippen LogP contribution in [0.2, 0.25) is 0 Å². The zero-order chi connectivity index (χ0) is 35.0. The molecule has 0 aromatic carbocycles. The Balaban J connectivity index is 0.0000110. The van der Waals surface area contributed by atoms with Crippen LogP contribution >= 0.6 is 21.6 Å². The quantitative estimate of drug-likeness (QED) is 0.0281. The fourth-order valence-corrected chi connectivity index (χ4v) is 7.25. The van der Waals surface area contributed by atoms with Crippen LogP contribution < -0.4 is 80.4 Å². The number of hydrogen-bond donors (Lipinski definition) is 12. The molecule has 0 bridgehead atoms. The third-order valence-electron chi connectivity index (χ3n) is 6.72. The van der Waals surface area contributed by atoms with Gasteiger partial charge in [-0.25, -0.2) is 16.8 Å². The minimum atomic E-state index is -4.92. The van der Waals surface area contributed by atoms with Crippen LogP contribution in [0.15, 0.2) is 0 Å². The van der Waals surface area contributed by atoms with Crippen LogP contribution in [0.25, 0.3) is 0 Å². The van der Waals surface area contributed by atoms with Crippen molar-refractivity contribution in [3.63, 3.8) is 0 Å². The number of carbonyl (C=O) groups excluding carboxylic acids is 2. The number of amides is 2. The first-order valence-electron chi connectivity index (χ1n) is 13.2. The summed E-state index contributed by atoms with van der Waals surface area (Å²) in [5.74, 6) is -3.64. The molecule has 0 radical (unpaired) electrons. The van der Waals surface area contributed by atoms with Gasteiger partial charge in [-0.05, 0) is 21.6 Å². The van der Waals surface area contributed by atoms with Gasteiger partial charge < -0.3 is 80.7 Å². The number of hydrogen-bond acceptors (Lipinski definition) is 22. The maximum Gasteiger partial charge on any atom is 1.00 e. The molecule has 28 heteroatoms. The number of aliphatic hydroxyl groups is 8. The number of rotatable bonds is 17. The Morgan fingerprint density at radius 1 is 0.646 bits per heavy atom. The SMILES string of the molecule is O=C(NC1C(O)O[C@H](CO)[C@@H](O)[C@@H]1O)[C@H](CSS(=O)(=O)[O-])NCCN[C@@H](CSS(=O)(=O)[O-])C(=O)NC1C(O)O[C@H](CO)[C@@H](O)[C@@H]1O.[Na+].[Na+]. The van der Waals surface area contributed by atoms with Crippen LogP contribution in [0.3, 0.4) is 0 Å². The van der Waals surface area contributed by atoms with E-state index in [-0.39, 0.29) is 93.8 Å². The van der Waals surface area contributed by atoms with E-state index in [2.05, 4.69) is 21.3 Å². The Labute approximate surface area is 326 Å². The van der Waals surface area contributed by atoms with Gasteiger partial charge in [0.15, 0.2) is 12.6 Å². The molecule has 0 spiro atoms. The van der Waals surface area contributed by atoms with E-state index in [9.17, 15) is 76.4 Å². The molecule has 22 nitrogen and oxygen atoms in total. The van der Waals surface area contributed by atoms with Gasteiger partial charge in [0, 0.05) is 24.6 Å². The Hall–Kier alpha value is 0.980. The Bertz CT molecular complexity index is 1140. The topological polar surface area (TPSA) is 377 Å². The smallest absolute Gasteiger partial charge is 0.739 e. The standard InChI is InChI=1S/C20H38N4O18S4.2Na/c25-3-9-13(27)15(29)11(19(33)41-9)23-17(31)7(5-43-45(35,36)37)21-1-2-22-8(6-44-46(38,39)40)18(32)24-12-16(30)14(28)10(4-26)42-20(12)34;;/h7-16,19-22,25-30,33-34H,1-6H2,(H,23,31)(H,24,32)(H,35,36,37)(H,38,39,40);;/q;2*+1/p-2/t7-,8-,9+,10+,11?,12?,13+,14+,15+,16+,19?,20?;;/m0../s1. The van der Waals surface area contributed by atoms with E-state index in [4.69, 9.17) is 9.47 Å². The molecule has 12 atom stereocenters. The van der Waals surface area contributed by atoms with Crippen LogP contribution in [-0.4, -0.2) is 190 Å². The summed E-state index contributed by atoms with van der Waals surface area (Å²) >= 11 is 0. The molecule has 270 valence electrons. The minimum absolute atomic E-state index is 0. The molecular weight excluding hydrogens is 758 g/mol. The summed E-state index contributed by atoms with van der Waals surface area (Å²) in [6, 6.07) is -6.42. The Morgan fingerprint density at radius 2 is 0.958 bits per heavy atom. The minimum Gasteiger partial charge on any atom is -0.739 e. The summed E-state index contributed by atoms with van der Waals surface area (Å²) in [6.07, 6.45) is -13.8. The maximum absolute atomic E-state index is 12.9. The van der Waals surface area contributed by atoms with E-state index in [1.807, 2.05) is 0 Å². The maximum atomic E-state index is 12.9. The van der Waals surface area contributed by atoms with E-state index in [0.29, 0.717) is 0 Å². The summed E-state index contributed by atoms with van der Waals surface area (Å²) in [5, 5.41) is 88.5. The summed E-state index contributed by atoms with van der Waals surface area (Å²) in [7, 11) is -10.2. The number of carbonyl (C=O) groups is 2. The normalized spacial score (nSPS) is 32.2. The fraction of sp³-hybridized carbons (Fsp3) is 0.900. The van der Waals surface area contributed by atoms with Crippen molar-refractivity contribution >= 4 is 51.7 Å². The summed E-state index contributed by atoms with van der Waals surface area (Å²) in [5.41, 5.74) is 0. The van der Waals surface area contributed by atoms with Crippen molar-refractivity contribution in [2.45, 2.75) is 73.4 Å². The summed E-state index contributed by atoms with van der Waals surface area (Å²) in [6.45, 7) is -2.23. The Morgan fingerprint density at radius 3 is 1.23 bits per heavy atom. The van der Waals surface area contributed by atoms with Gasteiger partial charge in [-0.1, -0.05) is 0 Å². The second kappa shape index (κ2) is 22.3. The van der Waals surface area contributed by atoms with Crippen molar-refractivity contribution in [2.75, 3.05) is 37.8 Å². The monoisotopic (exact) mass is 794 g/mol. The van der Waals surface area contributed by atoms with Crippen molar-refractivity contribution < 1.29 is 145 Å². The van der Waals surface area contributed by atoms with Gasteiger partial charge in [-0.15, -0.1) is 0 Å². The van der Waals surface area contributed by atoms with Gasteiger partial charge in [-0.2, -0.15) is 0 Å². The fourth-order valence-electron chi connectivity index (χ4n) is 4.29. The molecule has 2 fully saturated rings. The second-order valence-corrected chi connectivity index (χ2v) is 16.6. The Kier molecular flexibility index (Phi) is 22.7. The van der Waals surface area contributed by atoms with E-state index >= 15 is 0 Å². The molecule has 0 saturated carbocycles. The van der Waals surface area contributed by atoms with Gasteiger partial charge in [0.1, 0.15) is 67.0 Å². The molecule has 2 heterocycles. The number of ether oxygens (including phenoxy) is 2. The molecule has 2 aliphatic heterocycles. The zero-order valence-electron chi connectivity index (χ0n) is 25.5. The van der Waals surface area contributed by atoms with Gasteiger partial charge in [0.05, 0.1) is 25.3 Å². The third-order valence-corrected chi connectivity index (χ3v) is 10.8. The first kappa shape index (κ1) is 49.0. The second-order valence-electron chi connectivity index (χ2n) is 9.93. The summed E-state index contributed by atoms with van der Waals surface area (Å²) < 4.78 is 76.8. The number of nitrogens with one attached hydrogen (secondary N) is 4. The van der Waals surface area contributed by atoms with Crippen LogP contribution in [0.5, 0.6) is 0 Å². The van der Waals surface area contributed by atoms with Gasteiger partial charge in [0.2, 0.25) is 11.8 Å². The predicted molar refractivity (Wildman–Crippen MR) is 152 cm³/mol. The molecule has 2 saturated heterocycles. The van der Waals surface area contributed by atoms with Crippen molar-refractivity contribution in [1.82, 2.24) is 21.3 Å².